The Morgan fingerprint density at radius 2 is 2.11 bits per heavy atom. The molecule has 0 aromatic heterocycles. The zero-order valence-corrected chi connectivity index (χ0v) is 5.17. The number of nitrogens with one attached hydrogen (secondary N) is 1. The second-order valence-corrected chi connectivity index (χ2v) is 2.09. The highest BCUT2D eigenvalue weighted by molar-refractivity contribution is 4.59. The molecule has 0 saturated carbocycles. The van der Waals surface area contributed by atoms with Crippen LogP contribution in [0.25, 0.3) is 0 Å². The maximum atomic E-state index is 8.26. The van der Waals surface area contributed by atoms with Crippen molar-refractivity contribution in [3.8, 4) is 0 Å². The van der Waals surface area contributed by atoms with Gasteiger partial charge >= 0.3 is 0 Å². The Labute approximate surface area is 53.7 Å². The maximum absolute atomic E-state index is 8.26. The van der Waals surface area contributed by atoms with Gasteiger partial charge in [0.05, 0.1) is 13.2 Å². The molecule has 0 aromatic carbocycles. The molecular formula is C5H11NO3. The maximum Gasteiger partial charge on any atom is 0.146 e. The van der Waals surface area contributed by atoms with Crippen LogP contribution in [-0.4, -0.2) is 31.8 Å². The Hall–Kier alpha value is -0.160. The molecule has 0 amide bonds. The monoisotopic (exact) mass is 133 g/mol. The molecule has 1 saturated heterocycles. The van der Waals surface area contributed by atoms with E-state index in [9.17, 15) is 0 Å². The van der Waals surface area contributed by atoms with Gasteiger partial charge in [0.2, 0.25) is 0 Å². The highest BCUT2D eigenvalue weighted by atomic mass is 16.7. The number of hydroxylamine groups is 1. The van der Waals surface area contributed by atoms with Crippen LogP contribution < -0.4 is 5.48 Å². The number of hydrogen-bond donors (Lipinski definition) is 2. The quantitative estimate of drug-likeness (QED) is 0.502. The summed E-state index contributed by atoms with van der Waals surface area (Å²) in [6.45, 7) is 2.28. The van der Waals surface area contributed by atoms with Gasteiger partial charge in [-0.3, -0.25) is 0 Å². The Balaban J connectivity index is 2.08. The highest BCUT2D eigenvalue weighted by Gasteiger charge is 2.12. The summed E-state index contributed by atoms with van der Waals surface area (Å²) < 4.78 is 9.92. The lowest BCUT2D eigenvalue weighted by Gasteiger charge is -2.21. The molecule has 9 heavy (non-hydrogen) atoms. The van der Waals surface area contributed by atoms with Gasteiger partial charge in [-0.25, -0.2) is 5.48 Å². The van der Waals surface area contributed by atoms with Crippen molar-refractivity contribution in [1.29, 1.82) is 0 Å². The summed E-state index contributed by atoms with van der Waals surface area (Å²) in [6.07, 6.45) is 0. The average molecular weight is 133 g/mol. The van der Waals surface area contributed by atoms with E-state index in [0.717, 1.165) is 0 Å². The summed E-state index contributed by atoms with van der Waals surface area (Å²) in [5.41, 5.74) is 2.08. The standard InChI is InChI=1S/C5H11NO3/c7-6-1-5-2-8-4-9-3-5/h5-7H,1-4H2. The zero-order chi connectivity index (χ0) is 6.53. The Kier molecular flexibility index (Phi) is 2.93. The third kappa shape index (κ3) is 2.28. The first-order valence-electron chi connectivity index (χ1n) is 2.96. The minimum atomic E-state index is 0.295. The van der Waals surface area contributed by atoms with Crippen LogP contribution in [0.5, 0.6) is 0 Å². The largest absolute Gasteiger partial charge is 0.355 e. The predicted octanol–water partition coefficient (Wildman–Crippen LogP) is -0.414. The zero-order valence-electron chi connectivity index (χ0n) is 5.17. The topological polar surface area (TPSA) is 50.7 Å². The fraction of sp³-hybridized carbons (Fsp3) is 1.00. The normalized spacial score (nSPS) is 22.3. The van der Waals surface area contributed by atoms with Gasteiger partial charge in [0.1, 0.15) is 6.79 Å². The van der Waals surface area contributed by atoms with E-state index in [1.807, 2.05) is 0 Å². The summed E-state index contributed by atoms with van der Waals surface area (Å²) in [5.74, 6) is 0.295. The molecule has 0 aliphatic carbocycles. The van der Waals surface area contributed by atoms with Gasteiger partial charge in [-0.1, -0.05) is 0 Å². The molecule has 0 aromatic rings. The predicted molar refractivity (Wildman–Crippen MR) is 30.1 cm³/mol. The third-order valence-electron chi connectivity index (χ3n) is 1.25. The molecule has 4 heteroatoms. The summed E-state index contributed by atoms with van der Waals surface area (Å²) in [7, 11) is 0. The first-order chi connectivity index (χ1) is 4.43. The van der Waals surface area contributed by atoms with Crippen LogP contribution in [0.2, 0.25) is 0 Å². The van der Waals surface area contributed by atoms with Gasteiger partial charge in [0, 0.05) is 12.5 Å². The van der Waals surface area contributed by atoms with Crippen molar-refractivity contribution in [3.05, 3.63) is 0 Å². The highest BCUT2D eigenvalue weighted by Crippen LogP contribution is 2.02. The minimum Gasteiger partial charge on any atom is -0.355 e. The van der Waals surface area contributed by atoms with E-state index < -0.39 is 0 Å². The van der Waals surface area contributed by atoms with Crippen molar-refractivity contribution in [2.24, 2.45) is 5.92 Å². The number of hydrogen-bond acceptors (Lipinski definition) is 4. The molecule has 1 rings (SSSR count). The van der Waals surface area contributed by atoms with Crippen molar-refractivity contribution in [2.45, 2.75) is 0 Å². The summed E-state index contributed by atoms with van der Waals surface area (Å²) in [5, 5.41) is 8.26. The smallest absolute Gasteiger partial charge is 0.146 e. The molecule has 0 spiro atoms. The summed E-state index contributed by atoms with van der Waals surface area (Å²) >= 11 is 0. The van der Waals surface area contributed by atoms with Gasteiger partial charge in [-0.15, -0.1) is 0 Å². The average Bonchev–Trinajstić information content (AvgIpc) is 1.91. The SMILES string of the molecule is ONCC1COCOC1. The van der Waals surface area contributed by atoms with E-state index >= 15 is 0 Å². The first-order valence-corrected chi connectivity index (χ1v) is 2.96. The van der Waals surface area contributed by atoms with Gasteiger partial charge in [0.25, 0.3) is 0 Å². The molecule has 0 bridgehead atoms. The number of rotatable bonds is 2. The van der Waals surface area contributed by atoms with E-state index in [4.69, 9.17) is 14.7 Å². The lowest BCUT2D eigenvalue weighted by Crippen LogP contribution is -2.31. The Bertz CT molecular complexity index is 69.8. The van der Waals surface area contributed by atoms with Gasteiger partial charge in [-0.2, -0.15) is 0 Å². The summed E-state index contributed by atoms with van der Waals surface area (Å²) in [6, 6.07) is 0. The molecule has 1 aliphatic heterocycles. The molecule has 0 atom stereocenters. The fourth-order valence-corrected chi connectivity index (χ4v) is 0.784. The van der Waals surface area contributed by atoms with Crippen LogP contribution in [0.3, 0.4) is 0 Å². The van der Waals surface area contributed by atoms with Crippen LogP contribution in [-0.2, 0) is 9.47 Å². The lowest BCUT2D eigenvalue weighted by atomic mass is 10.2. The second kappa shape index (κ2) is 3.79. The third-order valence-corrected chi connectivity index (χ3v) is 1.25. The van der Waals surface area contributed by atoms with Crippen LogP contribution in [0.1, 0.15) is 0 Å². The first kappa shape index (κ1) is 6.95. The van der Waals surface area contributed by atoms with Crippen LogP contribution in [0, 0.1) is 5.92 Å². The van der Waals surface area contributed by atoms with Gasteiger partial charge < -0.3 is 14.7 Å². The Morgan fingerprint density at radius 1 is 1.44 bits per heavy atom. The molecule has 2 N–H and O–H groups in total. The lowest BCUT2D eigenvalue weighted by molar-refractivity contribution is -0.128. The molecule has 54 valence electrons. The number of ether oxygens (including phenoxy) is 2. The van der Waals surface area contributed by atoms with E-state index in [0.29, 0.717) is 32.5 Å². The van der Waals surface area contributed by atoms with E-state index in [-0.39, 0.29) is 0 Å². The molecule has 0 unspecified atom stereocenters. The fourth-order valence-electron chi connectivity index (χ4n) is 0.784. The van der Waals surface area contributed by atoms with Crippen molar-refractivity contribution < 1.29 is 14.7 Å². The molecular weight excluding hydrogens is 122 g/mol. The molecule has 1 aliphatic rings. The van der Waals surface area contributed by atoms with Crippen LogP contribution >= 0.6 is 0 Å². The molecule has 1 heterocycles. The Morgan fingerprint density at radius 3 is 2.67 bits per heavy atom. The van der Waals surface area contributed by atoms with Gasteiger partial charge in [0.15, 0.2) is 0 Å². The van der Waals surface area contributed by atoms with E-state index in [1.165, 1.54) is 0 Å². The van der Waals surface area contributed by atoms with Crippen LogP contribution in [0.15, 0.2) is 0 Å². The summed E-state index contributed by atoms with van der Waals surface area (Å²) in [4.78, 5) is 0. The van der Waals surface area contributed by atoms with E-state index in [2.05, 4.69) is 5.48 Å². The van der Waals surface area contributed by atoms with Crippen LogP contribution in [0.4, 0.5) is 0 Å². The van der Waals surface area contributed by atoms with E-state index in [1.54, 1.807) is 0 Å². The van der Waals surface area contributed by atoms with Crippen molar-refractivity contribution in [3.63, 3.8) is 0 Å². The molecule has 4 nitrogen and oxygen atoms in total. The molecule has 1 fully saturated rings. The van der Waals surface area contributed by atoms with Gasteiger partial charge in [-0.05, 0) is 0 Å². The second-order valence-electron chi connectivity index (χ2n) is 2.09. The van der Waals surface area contributed by atoms with Crippen molar-refractivity contribution in [2.75, 3.05) is 26.6 Å². The van der Waals surface area contributed by atoms with Crippen molar-refractivity contribution >= 4 is 0 Å². The van der Waals surface area contributed by atoms with Crippen molar-refractivity contribution in [1.82, 2.24) is 5.48 Å². The minimum absolute atomic E-state index is 0.295. The molecule has 0 radical (unpaired) electrons.